The normalized spacial score (nSPS) is 14.7. The number of carbonyl (C=O) groups excluding carboxylic acids is 3. The molecular formula is C30H33Cl2FN4O6. The van der Waals surface area contributed by atoms with Gasteiger partial charge in [-0.2, -0.15) is 0 Å². The second-order valence-corrected chi connectivity index (χ2v) is 11.7. The first-order valence-corrected chi connectivity index (χ1v) is 14.3. The quantitative estimate of drug-likeness (QED) is 0.345. The predicted octanol–water partition coefficient (Wildman–Crippen LogP) is 5.39. The van der Waals surface area contributed by atoms with Crippen LogP contribution < -0.4 is 10.1 Å². The number of carbonyl (C=O) groups is 3. The summed E-state index contributed by atoms with van der Waals surface area (Å²) in [7, 11) is 2.60. The van der Waals surface area contributed by atoms with Crippen molar-refractivity contribution in [2.24, 2.45) is 0 Å². The summed E-state index contributed by atoms with van der Waals surface area (Å²) in [4.78, 5) is 46.5. The van der Waals surface area contributed by atoms with Crippen molar-refractivity contribution in [3.63, 3.8) is 0 Å². The van der Waals surface area contributed by atoms with Gasteiger partial charge in [-0.1, -0.05) is 41.4 Å². The van der Waals surface area contributed by atoms with E-state index in [0.29, 0.717) is 42.6 Å². The molecule has 230 valence electrons. The van der Waals surface area contributed by atoms with Crippen molar-refractivity contribution >= 4 is 52.1 Å². The molecule has 1 aliphatic heterocycles. The van der Waals surface area contributed by atoms with Gasteiger partial charge in [-0.05, 0) is 39.0 Å². The maximum absolute atomic E-state index is 15.1. The number of ether oxygens (including phenoxy) is 3. The monoisotopic (exact) mass is 634 g/mol. The standard InChI is InChI=1S/C30H33Cl2FN4O6/c1-30(2,3)43-29(40)37-12-10-36(11-13-37)25(18-8-6-7-9-22(18)33)26(38)34-16-20-23(32)21(31)15-17-14-19(28(39)42-5)27(41-4)35-24(17)20/h6-9,14-15,25H,10-13,16H2,1-5H3,(H,34,38). The number of nitrogens with one attached hydrogen (secondary N) is 1. The zero-order chi connectivity index (χ0) is 31.5. The van der Waals surface area contributed by atoms with E-state index in [1.807, 2.05) is 4.90 Å². The molecule has 1 aliphatic rings. The highest BCUT2D eigenvalue weighted by atomic mass is 35.5. The molecule has 0 radical (unpaired) electrons. The van der Waals surface area contributed by atoms with E-state index in [0.717, 1.165) is 0 Å². The Labute approximate surface area is 259 Å². The summed E-state index contributed by atoms with van der Waals surface area (Å²) in [5.74, 6) is -1.66. The molecule has 1 saturated heterocycles. The molecule has 1 fully saturated rings. The van der Waals surface area contributed by atoms with E-state index in [1.54, 1.807) is 49.9 Å². The summed E-state index contributed by atoms with van der Waals surface area (Å²) in [6.45, 7) is 6.47. The van der Waals surface area contributed by atoms with E-state index < -0.39 is 35.4 Å². The Morgan fingerprint density at radius 3 is 2.35 bits per heavy atom. The molecule has 0 bridgehead atoms. The third-order valence-electron chi connectivity index (χ3n) is 6.88. The Bertz CT molecular complexity index is 1540. The molecule has 2 aromatic carbocycles. The molecule has 0 spiro atoms. The second-order valence-electron chi connectivity index (χ2n) is 10.9. The molecule has 1 N–H and O–H groups in total. The highest BCUT2D eigenvalue weighted by Crippen LogP contribution is 2.35. The minimum absolute atomic E-state index is 0.0115. The van der Waals surface area contributed by atoms with Gasteiger partial charge in [0.15, 0.2) is 0 Å². The molecule has 10 nitrogen and oxygen atoms in total. The number of pyridine rings is 1. The van der Waals surface area contributed by atoms with Crippen LogP contribution in [0.5, 0.6) is 5.88 Å². The number of halogens is 3. The van der Waals surface area contributed by atoms with Crippen LogP contribution in [0.15, 0.2) is 36.4 Å². The number of fused-ring (bicyclic) bond motifs is 1. The van der Waals surface area contributed by atoms with Crippen molar-refractivity contribution in [1.82, 2.24) is 20.1 Å². The Morgan fingerprint density at radius 2 is 1.74 bits per heavy atom. The fraction of sp³-hybridized carbons (Fsp3) is 0.400. The van der Waals surface area contributed by atoms with Gasteiger partial charge < -0.3 is 24.4 Å². The van der Waals surface area contributed by atoms with Crippen LogP contribution in [0.3, 0.4) is 0 Å². The molecule has 1 aromatic heterocycles. The second kappa shape index (κ2) is 13.3. The maximum atomic E-state index is 15.1. The van der Waals surface area contributed by atoms with Gasteiger partial charge in [0.05, 0.1) is 29.8 Å². The van der Waals surface area contributed by atoms with E-state index in [2.05, 4.69) is 10.3 Å². The van der Waals surface area contributed by atoms with Crippen molar-refractivity contribution in [1.29, 1.82) is 0 Å². The van der Waals surface area contributed by atoms with Gasteiger partial charge >= 0.3 is 12.1 Å². The number of amides is 2. The Balaban J connectivity index is 1.62. The number of hydrogen-bond donors (Lipinski definition) is 1. The van der Waals surface area contributed by atoms with E-state index >= 15 is 4.39 Å². The first kappa shape index (κ1) is 32.2. The first-order chi connectivity index (χ1) is 20.3. The zero-order valence-corrected chi connectivity index (χ0v) is 26.0. The average molecular weight is 636 g/mol. The van der Waals surface area contributed by atoms with E-state index in [4.69, 9.17) is 37.4 Å². The minimum atomic E-state index is -1.00. The van der Waals surface area contributed by atoms with E-state index in [9.17, 15) is 14.4 Å². The largest absolute Gasteiger partial charge is 0.480 e. The molecule has 1 atom stereocenters. The predicted molar refractivity (Wildman–Crippen MR) is 160 cm³/mol. The number of nitrogens with zero attached hydrogens (tertiary/aromatic N) is 3. The van der Waals surface area contributed by atoms with Crippen LogP contribution in [-0.4, -0.2) is 78.8 Å². The number of rotatable bonds is 7. The van der Waals surface area contributed by atoms with E-state index in [1.165, 1.54) is 26.4 Å². The Kier molecular flexibility index (Phi) is 9.99. The number of methoxy groups -OCH3 is 2. The topological polar surface area (TPSA) is 110 Å². The van der Waals surface area contributed by atoms with Crippen LogP contribution in [0.4, 0.5) is 9.18 Å². The SMILES string of the molecule is COC(=O)c1cc2cc(Cl)c(Cl)c(CNC(=O)C(c3ccccc3F)N3CCN(C(=O)OC(C)(C)C)CC3)c2nc1OC. The molecule has 1 unspecified atom stereocenters. The van der Waals surface area contributed by atoms with Crippen LogP contribution in [0.25, 0.3) is 10.9 Å². The van der Waals surface area contributed by atoms with Gasteiger partial charge in [-0.15, -0.1) is 0 Å². The van der Waals surface area contributed by atoms with Crippen molar-refractivity contribution in [3.05, 3.63) is 69.0 Å². The van der Waals surface area contributed by atoms with Gasteiger partial charge in [-0.3, -0.25) is 9.69 Å². The number of piperazine rings is 1. The fourth-order valence-electron chi connectivity index (χ4n) is 4.85. The summed E-state index contributed by atoms with van der Waals surface area (Å²) >= 11 is 13.0. The number of benzene rings is 2. The molecule has 43 heavy (non-hydrogen) atoms. The van der Waals surface area contributed by atoms with Crippen molar-refractivity contribution in [2.75, 3.05) is 40.4 Å². The van der Waals surface area contributed by atoms with Crippen molar-refractivity contribution < 1.29 is 33.0 Å². The highest BCUT2D eigenvalue weighted by Gasteiger charge is 2.34. The van der Waals surface area contributed by atoms with Crippen LogP contribution in [0.1, 0.15) is 48.3 Å². The lowest BCUT2D eigenvalue weighted by Crippen LogP contribution is -2.53. The van der Waals surface area contributed by atoms with Crippen molar-refractivity contribution in [2.45, 2.75) is 39.0 Å². The molecule has 2 heterocycles. The van der Waals surface area contributed by atoms with Crippen LogP contribution in [0, 0.1) is 5.82 Å². The maximum Gasteiger partial charge on any atom is 0.410 e. The average Bonchev–Trinajstić information content (AvgIpc) is 2.97. The third kappa shape index (κ3) is 7.29. The lowest BCUT2D eigenvalue weighted by Gasteiger charge is -2.39. The van der Waals surface area contributed by atoms with Gasteiger partial charge in [-0.25, -0.2) is 19.0 Å². The zero-order valence-electron chi connectivity index (χ0n) is 24.5. The van der Waals surface area contributed by atoms with Crippen LogP contribution in [-0.2, 0) is 20.8 Å². The Morgan fingerprint density at radius 1 is 1.07 bits per heavy atom. The summed E-state index contributed by atoms with van der Waals surface area (Å²) in [6.07, 6.45) is -0.445. The lowest BCUT2D eigenvalue weighted by atomic mass is 10.0. The molecule has 4 rings (SSSR count). The summed E-state index contributed by atoms with van der Waals surface area (Å²) in [5.41, 5.74) is 0.378. The van der Waals surface area contributed by atoms with Crippen LogP contribution in [0.2, 0.25) is 10.0 Å². The molecule has 2 amide bonds. The smallest absolute Gasteiger partial charge is 0.410 e. The third-order valence-corrected chi connectivity index (χ3v) is 7.70. The highest BCUT2D eigenvalue weighted by molar-refractivity contribution is 6.43. The minimum Gasteiger partial charge on any atom is -0.480 e. The summed E-state index contributed by atoms with van der Waals surface area (Å²) in [5, 5.41) is 3.68. The lowest BCUT2D eigenvalue weighted by molar-refractivity contribution is -0.127. The van der Waals surface area contributed by atoms with Gasteiger partial charge in [0, 0.05) is 49.2 Å². The summed E-state index contributed by atoms with van der Waals surface area (Å²) < 4.78 is 30.7. The number of esters is 1. The van der Waals surface area contributed by atoms with Crippen molar-refractivity contribution in [3.8, 4) is 5.88 Å². The molecule has 0 aliphatic carbocycles. The summed E-state index contributed by atoms with van der Waals surface area (Å²) in [6, 6.07) is 8.13. The Hall–Kier alpha value is -3.67. The van der Waals surface area contributed by atoms with Crippen LogP contribution >= 0.6 is 23.2 Å². The van der Waals surface area contributed by atoms with Gasteiger partial charge in [0.25, 0.3) is 0 Å². The number of hydrogen-bond acceptors (Lipinski definition) is 8. The molecular weight excluding hydrogens is 602 g/mol. The molecule has 13 heteroatoms. The van der Waals surface area contributed by atoms with E-state index in [-0.39, 0.29) is 33.6 Å². The van der Waals surface area contributed by atoms with Gasteiger partial charge in [0.1, 0.15) is 23.0 Å². The molecule has 0 saturated carbocycles. The molecule has 3 aromatic rings. The fourth-order valence-corrected chi connectivity index (χ4v) is 5.29. The number of aromatic nitrogens is 1. The first-order valence-electron chi connectivity index (χ1n) is 13.5. The van der Waals surface area contributed by atoms with Gasteiger partial charge in [0.2, 0.25) is 11.8 Å².